The number of rotatable bonds is 7. The molecule has 1 aromatic carbocycles. The number of carbonyl (C=O) groups excluding carboxylic acids is 2. The molecule has 1 amide bonds. The Balaban J connectivity index is 1.95. The molecule has 0 saturated carbocycles. The molecule has 1 N–H and O–H groups in total. The smallest absolute Gasteiger partial charge is 0.374 e. The number of hydrogen-bond acceptors (Lipinski definition) is 6. The second-order valence-electron chi connectivity index (χ2n) is 6.14. The first-order valence-corrected chi connectivity index (χ1v) is 8.09. The van der Waals surface area contributed by atoms with Crippen LogP contribution in [0.5, 0.6) is 0 Å². The second kappa shape index (κ2) is 8.28. The van der Waals surface area contributed by atoms with E-state index in [1.54, 1.807) is 6.07 Å². The van der Waals surface area contributed by atoms with Crippen LogP contribution in [0.1, 0.15) is 31.3 Å². The van der Waals surface area contributed by atoms with Crippen LogP contribution in [0.15, 0.2) is 40.8 Å². The Bertz CT molecular complexity index is 794. The minimum atomic E-state index is -0.759. The van der Waals surface area contributed by atoms with Gasteiger partial charge in [0.05, 0.1) is 4.92 Å². The van der Waals surface area contributed by atoms with Gasteiger partial charge in [-0.3, -0.25) is 14.9 Å². The number of benzene rings is 1. The molecule has 1 atom stereocenters. The fourth-order valence-corrected chi connectivity index (χ4v) is 2.01. The highest BCUT2D eigenvalue weighted by Crippen LogP contribution is 2.24. The minimum Gasteiger partial charge on any atom is -0.450 e. The Morgan fingerprint density at radius 3 is 2.38 bits per heavy atom. The number of ether oxygens (including phenoxy) is 1. The summed E-state index contributed by atoms with van der Waals surface area (Å²) < 4.78 is 10.3. The first-order chi connectivity index (χ1) is 12.3. The van der Waals surface area contributed by atoms with Crippen LogP contribution >= 0.6 is 0 Å². The van der Waals surface area contributed by atoms with E-state index in [-0.39, 0.29) is 29.3 Å². The third kappa shape index (κ3) is 4.92. The van der Waals surface area contributed by atoms with Crippen molar-refractivity contribution in [3.05, 3.63) is 52.3 Å². The van der Waals surface area contributed by atoms with Gasteiger partial charge >= 0.3 is 5.97 Å². The van der Waals surface area contributed by atoms with E-state index >= 15 is 0 Å². The Kier molecular flexibility index (Phi) is 6.11. The Morgan fingerprint density at radius 2 is 1.81 bits per heavy atom. The zero-order valence-corrected chi connectivity index (χ0v) is 14.7. The molecule has 0 aliphatic rings. The van der Waals surface area contributed by atoms with Gasteiger partial charge in [0, 0.05) is 23.7 Å². The van der Waals surface area contributed by atoms with E-state index in [9.17, 15) is 19.7 Å². The average Bonchev–Trinajstić information content (AvgIpc) is 3.09. The SMILES string of the molecule is CC(C)[C@@H](C)NC(=O)COC(=O)c1ccc(-c2ccc([N+](=O)[O-])cc2)o1. The number of carbonyl (C=O) groups is 2. The number of esters is 1. The number of nitrogens with zero attached hydrogens (tertiary/aromatic N) is 1. The summed E-state index contributed by atoms with van der Waals surface area (Å²) >= 11 is 0. The predicted molar refractivity (Wildman–Crippen MR) is 93.5 cm³/mol. The number of nitro groups is 1. The number of nitrogens with one attached hydrogen (secondary N) is 1. The van der Waals surface area contributed by atoms with Crippen LogP contribution < -0.4 is 5.32 Å². The van der Waals surface area contributed by atoms with Crippen molar-refractivity contribution in [1.82, 2.24) is 5.32 Å². The van der Waals surface area contributed by atoms with Gasteiger partial charge in [-0.15, -0.1) is 0 Å². The van der Waals surface area contributed by atoms with Crippen LogP contribution in [-0.2, 0) is 9.53 Å². The Morgan fingerprint density at radius 1 is 1.15 bits per heavy atom. The molecule has 26 heavy (non-hydrogen) atoms. The van der Waals surface area contributed by atoms with E-state index in [4.69, 9.17) is 9.15 Å². The molecule has 2 rings (SSSR count). The van der Waals surface area contributed by atoms with Gasteiger partial charge in [0.25, 0.3) is 11.6 Å². The lowest BCUT2D eigenvalue weighted by molar-refractivity contribution is -0.384. The summed E-state index contributed by atoms with van der Waals surface area (Å²) in [7, 11) is 0. The van der Waals surface area contributed by atoms with Crippen molar-refractivity contribution in [2.24, 2.45) is 5.92 Å². The second-order valence-corrected chi connectivity index (χ2v) is 6.14. The molecule has 2 aromatic rings. The summed E-state index contributed by atoms with van der Waals surface area (Å²) in [5.74, 6) is -0.566. The molecule has 8 nitrogen and oxygen atoms in total. The van der Waals surface area contributed by atoms with E-state index in [0.717, 1.165) is 0 Å². The highest BCUT2D eigenvalue weighted by atomic mass is 16.6. The zero-order valence-electron chi connectivity index (χ0n) is 14.7. The van der Waals surface area contributed by atoms with Crippen molar-refractivity contribution < 1.29 is 23.7 Å². The molecule has 0 aliphatic heterocycles. The molecule has 0 radical (unpaired) electrons. The lowest BCUT2D eigenvalue weighted by Gasteiger charge is -2.17. The van der Waals surface area contributed by atoms with E-state index in [2.05, 4.69) is 5.32 Å². The van der Waals surface area contributed by atoms with Crippen LogP contribution in [0, 0.1) is 16.0 Å². The topological polar surface area (TPSA) is 112 Å². The molecular formula is C18H20N2O6. The summed E-state index contributed by atoms with van der Waals surface area (Å²) in [6.07, 6.45) is 0. The van der Waals surface area contributed by atoms with E-state index in [1.807, 2.05) is 20.8 Å². The van der Waals surface area contributed by atoms with Gasteiger partial charge in [-0.1, -0.05) is 13.8 Å². The molecule has 0 fully saturated rings. The Hall–Kier alpha value is -3.16. The maximum absolute atomic E-state index is 12.0. The minimum absolute atomic E-state index is 0.0291. The van der Waals surface area contributed by atoms with Crippen molar-refractivity contribution in [1.29, 1.82) is 0 Å². The maximum atomic E-state index is 12.0. The van der Waals surface area contributed by atoms with Crippen molar-refractivity contribution in [2.75, 3.05) is 6.61 Å². The quantitative estimate of drug-likeness (QED) is 0.461. The summed E-state index contributed by atoms with van der Waals surface area (Å²) in [6, 6.07) is 8.68. The standard InChI is InChI=1S/C18H20N2O6/c1-11(2)12(3)19-17(21)10-25-18(22)16-9-8-15(26-16)13-4-6-14(7-5-13)20(23)24/h4-9,11-12H,10H2,1-3H3,(H,19,21)/t12-/m1/s1. The number of non-ortho nitro benzene ring substituents is 1. The van der Waals surface area contributed by atoms with Crippen LogP contribution in [0.4, 0.5) is 5.69 Å². The molecule has 0 aliphatic carbocycles. The average molecular weight is 360 g/mol. The first-order valence-electron chi connectivity index (χ1n) is 8.09. The van der Waals surface area contributed by atoms with Crippen molar-refractivity contribution in [3.8, 4) is 11.3 Å². The molecule has 1 heterocycles. The molecule has 1 aromatic heterocycles. The van der Waals surface area contributed by atoms with Gasteiger partial charge in [0.1, 0.15) is 5.76 Å². The van der Waals surface area contributed by atoms with Crippen LogP contribution in [0.2, 0.25) is 0 Å². The summed E-state index contributed by atoms with van der Waals surface area (Å²) in [5, 5.41) is 13.4. The van der Waals surface area contributed by atoms with Crippen LogP contribution in [0.3, 0.4) is 0 Å². The van der Waals surface area contributed by atoms with Gasteiger partial charge in [-0.2, -0.15) is 0 Å². The largest absolute Gasteiger partial charge is 0.450 e. The highest BCUT2D eigenvalue weighted by Gasteiger charge is 2.17. The molecule has 0 bridgehead atoms. The van der Waals surface area contributed by atoms with Gasteiger partial charge < -0.3 is 14.5 Å². The summed E-state index contributed by atoms with van der Waals surface area (Å²) in [6.45, 7) is 5.41. The van der Waals surface area contributed by atoms with Gasteiger partial charge in [-0.25, -0.2) is 4.79 Å². The number of hydrogen-bond donors (Lipinski definition) is 1. The lowest BCUT2D eigenvalue weighted by Crippen LogP contribution is -2.38. The number of nitro benzene ring substituents is 1. The molecule has 0 unspecified atom stereocenters. The maximum Gasteiger partial charge on any atom is 0.374 e. The van der Waals surface area contributed by atoms with E-state index in [1.165, 1.54) is 30.3 Å². The fourth-order valence-electron chi connectivity index (χ4n) is 2.01. The number of amides is 1. The van der Waals surface area contributed by atoms with E-state index in [0.29, 0.717) is 11.3 Å². The Labute approximate surface area is 150 Å². The highest BCUT2D eigenvalue weighted by molar-refractivity contribution is 5.89. The van der Waals surface area contributed by atoms with Gasteiger partial charge in [0.2, 0.25) is 5.76 Å². The summed E-state index contributed by atoms with van der Waals surface area (Å²) in [5.41, 5.74) is 0.541. The van der Waals surface area contributed by atoms with E-state index < -0.39 is 17.5 Å². The van der Waals surface area contributed by atoms with Crippen molar-refractivity contribution in [3.63, 3.8) is 0 Å². The third-order valence-corrected chi connectivity index (χ3v) is 3.89. The molecule has 138 valence electrons. The predicted octanol–water partition coefficient (Wildman–Crippen LogP) is 3.17. The lowest BCUT2D eigenvalue weighted by atomic mass is 10.1. The fraction of sp³-hybridized carbons (Fsp3) is 0.333. The van der Waals surface area contributed by atoms with Crippen molar-refractivity contribution in [2.45, 2.75) is 26.8 Å². The third-order valence-electron chi connectivity index (χ3n) is 3.89. The molecule has 0 saturated heterocycles. The van der Waals surface area contributed by atoms with Crippen LogP contribution in [0.25, 0.3) is 11.3 Å². The van der Waals surface area contributed by atoms with Gasteiger partial charge in [-0.05, 0) is 37.1 Å². The molecule has 8 heteroatoms. The van der Waals surface area contributed by atoms with Crippen LogP contribution in [-0.4, -0.2) is 29.4 Å². The zero-order chi connectivity index (χ0) is 19.3. The van der Waals surface area contributed by atoms with Gasteiger partial charge in [0.15, 0.2) is 6.61 Å². The first kappa shape index (κ1) is 19.2. The number of furan rings is 1. The summed E-state index contributed by atoms with van der Waals surface area (Å²) in [4.78, 5) is 33.9. The van der Waals surface area contributed by atoms with Crippen molar-refractivity contribution >= 4 is 17.6 Å². The molecular weight excluding hydrogens is 340 g/mol. The normalized spacial score (nSPS) is 11.8. The monoisotopic (exact) mass is 360 g/mol. The molecule has 0 spiro atoms.